The highest BCUT2D eigenvalue weighted by Crippen LogP contribution is 2.29. The Morgan fingerprint density at radius 1 is 1.15 bits per heavy atom. The SMILES string of the molecule is CCC1CCN(C(C)C)CC1CC. The fourth-order valence-corrected chi connectivity index (χ4v) is 2.58. The van der Waals surface area contributed by atoms with Gasteiger partial charge in [-0.3, -0.25) is 0 Å². The Bertz CT molecular complexity index is 142. The van der Waals surface area contributed by atoms with Gasteiger partial charge in [0.1, 0.15) is 0 Å². The molecule has 2 unspecified atom stereocenters. The molecule has 0 spiro atoms. The molecule has 1 saturated heterocycles. The molecule has 78 valence electrons. The fourth-order valence-electron chi connectivity index (χ4n) is 2.58. The Hall–Kier alpha value is -0.0400. The average molecular weight is 183 g/mol. The maximum atomic E-state index is 2.64. The van der Waals surface area contributed by atoms with Crippen molar-refractivity contribution in [2.24, 2.45) is 11.8 Å². The van der Waals surface area contributed by atoms with Crippen LogP contribution in [0, 0.1) is 11.8 Å². The largest absolute Gasteiger partial charge is 0.301 e. The van der Waals surface area contributed by atoms with Gasteiger partial charge < -0.3 is 4.90 Å². The first-order valence-electron chi connectivity index (χ1n) is 5.93. The van der Waals surface area contributed by atoms with Crippen LogP contribution in [0.5, 0.6) is 0 Å². The third-order valence-electron chi connectivity index (χ3n) is 3.70. The van der Waals surface area contributed by atoms with Crippen molar-refractivity contribution < 1.29 is 0 Å². The molecule has 0 bridgehead atoms. The van der Waals surface area contributed by atoms with Crippen molar-refractivity contribution in [3.8, 4) is 0 Å². The summed E-state index contributed by atoms with van der Waals surface area (Å²) in [5.41, 5.74) is 0. The van der Waals surface area contributed by atoms with Crippen LogP contribution in [0.3, 0.4) is 0 Å². The summed E-state index contributed by atoms with van der Waals surface area (Å²) in [7, 11) is 0. The van der Waals surface area contributed by atoms with E-state index in [1.807, 2.05) is 0 Å². The second-order valence-electron chi connectivity index (χ2n) is 4.71. The highest BCUT2D eigenvalue weighted by molar-refractivity contribution is 4.80. The predicted molar refractivity (Wildman–Crippen MR) is 58.9 cm³/mol. The summed E-state index contributed by atoms with van der Waals surface area (Å²) >= 11 is 0. The molecule has 1 fully saturated rings. The molecule has 0 aliphatic carbocycles. The van der Waals surface area contributed by atoms with Gasteiger partial charge in [0.15, 0.2) is 0 Å². The first-order valence-corrected chi connectivity index (χ1v) is 5.93. The van der Waals surface area contributed by atoms with Crippen LogP contribution in [-0.4, -0.2) is 24.0 Å². The highest BCUT2D eigenvalue weighted by Gasteiger charge is 2.27. The first kappa shape index (κ1) is 11.0. The van der Waals surface area contributed by atoms with E-state index in [1.54, 1.807) is 0 Å². The van der Waals surface area contributed by atoms with Crippen molar-refractivity contribution in [2.45, 2.75) is 53.0 Å². The lowest BCUT2D eigenvalue weighted by Crippen LogP contribution is -2.43. The van der Waals surface area contributed by atoms with Crippen molar-refractivity contribution in [3.05, 3.63) is 0 Å². The molecule has 2 atom stereocenters. The van der Waals surface area contributed by atoms with Crippen LogP contribution in [0.1, 0.15) is 47.0 Å². The maximum Gasteiger partial charge on any atom is 0.00387 e. The van der Waals surface area contributed by atoms with Crippen LogP contribution in [-0.2, 0) is 0 Å². The number of rotatable bonds is 3. The molecule has 0 aromatic rings. The molecule has 1 heteroatoms. The molecular formula is C12H25N. The van der Waals surface area contributed by atoms with Crippen LogP contribution >= 0.6 is 0 Å². The van der Waals surface area contributed by atoms with Gasteiger partial charge in [0.05, 0.1) is 0 Å². The van der Waals surface area contributed by atoms with Crippen LogP contribution in [0.15, 0.2) is 0 Å². The molecule has 0 aromatic heterocycles. The average Bonchev–Trinajstić information content (AvgIpc) is 2.16. The summed E-state index contributed by atoms with van der Waals surface area (Å²) in [5, 5.41) is 0. The first-order chi connectivity index (χ1) is 6.19. The Kier molecular flexibility index (Phi) is 4.24. The van der Waals surface area contributed by atoms with E-state index < -0.39 is 0 Å². The number of likely N-dealkylation sites (tertiary alicyclic amines) is 1. The van der Waals surface area contributed by atoms with E-state index in [4.69, 9.17) is 0 Å². The third kappa shape index (κ3) is 2.70. The van der Waals surface area contributed by atoms with Gasteiger partial charge in [-0.1, -0.05) is 26.7 Å². The van der Waals surface area contributed by atoms with Gasteiger partial charge in [-0.15, -0.1) is 0 Å². The second kappa shape index (κ2) is 4.99. The molecule has 1 nitrogen and oxygen atoms in total. The van der Waals surface area contributed by atoms with Gasteiger partial charge in [0.2, 0.25) is 0 Å². The second-order valence-corrected chi connectivity index (χ2v) is 4.71. The normalized spacial score (nSPS) is 31.2. The molecule has 0 amide bonds. The lowest BCUT2D eigenvalue weighted by atomic mass is 9.82. The Morgan fingerprint density at radius 3 is 2.23 bits per heavy atom. The zero-order valence-corrected chi connectivity index (χ0v) is 9.71. The van der Waals surface area contributed by atoms with Crippen molar-refractivity contribution in [1.29, 1.82) is 0 Å². The molecule has 1 aliphatic rings. The van der Waals surface area contributed by atoms with E-state index in [9.17, 15) is 0 Å². The number of hydrogen-bond donors (Lipinski definition) is 0. The quantitative estimate of drug-likeness (QED) is 0.649. The summed E-state index contributed by atoms with van der Waals surface area (Å²) in [6.07, 6.45) is 4.17. The molecule has 13 heavy (non-hydrogen) atoms. The lowest BCUT2D eigenvalue weighted by Gasteiger charge is -2.40. The number of nitrogens with zero attached hydrogens (tertiary/aromatic N) is 1. The summed E-state index contributed by atoms with van der Waals surface area (Å²) in [4.78, 5) is 2.64. The summed E-state index contributed by atoms with van der Waals surface area (Å²) in [6, 6.07) is 0.742. The van der Waals surface area contributed by atoms with Gasteiger partial charge in [-0.05, 0) is 38.6 Å². The van der Waals surface area contributed by atoms with Crippen LogP contribution < -0.4 is 0 Å². The molecule has 0 radical (unpaired) electrons. The highest BCUT2D eigenvalue weighted by atomic mass is 15.2. The monoisotopic (exact) mass is 183 g/mol. The fraction of sp³-hybridized carbons (Fsp3) is 1.00. The lowest BCUT2D eigenvalue weighted by molar-refractivity contribution is 0.0890. The zero-order valence-electron chi connectivity index (χ0n) is 9.71. The molecule has 1 heterocycles. The Balaban J connectivity index is 2.47. The standard InChI is InChI=1S/C12H25N/c1-5-11-7-8-13(10(3)4)9-12(11)6-2/h10-12H,5-9H2,1-4H3. The minimum atomic E-state index is 0.742. The Labute approximate surface area is 83.5 Å². The van der Waals surface area contributed by atoms with E-state index in [-0.39, 0.29) is 0 Å². The van der Waals surface area contributed by atoms with Crippen molar-refractivity contribution >= 4 is 0 Å². The maximum absolute atomic E-state index is 2.64. The molecule has 0 saturated carbocycles. The molecule has 0 aromatic carbocycles. The van der Waals surface area contributed by atoms with Gasteiger partial charge in [0, 0.05) is 12.6 Å². The van der Waals surface area contributed by atoms with E-state index in [2.05, 4.69) is 32.6 Å². The van der Waals surface area contributed by atoms with Gasteiger partial charge in [0.25, 0.3) is 0 Å². The van der Waals surface area contributed by atoms with Gasteiger partial charge >= 0.3 is 0 Å². The topological polar surface area (TPSA) is 3.24 Å². The van der Waals surface area contributed by atoms with Crippen molar-refractivity contribution in [3.63, 3.8) is 0 Å². The predicted octanol–water partition coefficient (Wildman–Crippen LogP) is 3.15. The van der Waals surface area contributed by atoms with Gasteiger partial charge in [-0.2, -0.15) is 0 Å². The zero-order chi connectivity index (χ0) is 9.84. The van der Waals surface area contributed by atoms with Crippen molar-refractivity contribution in [2.75, 3.05) is 13.1 Å². The molecule has 1 aliphatic heterocycles. The smallest absolute Gasteiger partial charge is 0.00387 e. The minimum Gasteiger partial charge on any atom is -0.301 e. The molecular weight excluding hydrogens is 158 g/mol. The number of hydrogen-bond acceptors (Lipinski definition) is 1. The summed E-state index contributed by atoms with van der Waals surface area (Å²) in [5.74, 6) is 1.96. The summed E-state index contributed by atoms with van der Waals surface area (Å²) in [6.45, 7) is 12.0. The van der Waals surface area contributed by atoms with Gasteiger partial charge in [-0.25, -0.2) is 0 Å². The van der Waals surface area contributed by atoms with E-state index >= 15 is 0 Å². The third-order valence-corrected chi connectivity index (χ3v) is 3.70. The van der Waals surface area contributed by atoms with Crippen LogP contribution in [0.4, 0.5) is 0 Å². The van der Waals surface area contributed by atoms with E-state index in [0.717, 1.165) is 17.9 Å². The van der Waals surface area contributed by atoms with E-state index in [1.165, 1.54) is 32.4 Å². The minimum absolute atomic E-state index is 0.742. The number of piperidine rings is 1. The summed E-state index contributed by atoms with van der Waals surface area (Å²) < 4.78 is 0. The molecule has 1 rings (SSSR count). The van der Waals surface area contributed by atoms with E-state index in [0.29, 0.717) is 0 Å². The molecule has 0 N–H and O–H groups in total. The van der Waals surface area contributed by atoms with Crippen molar-refractivity contribution in [1.82, 2.24) is 4.90 Å². The Morgan fingerprint density at radius 2 is 1.77 bits per heavy atom. The van der Waals surface area contributed by atoms with Crippen LogP contribution in [0.25, 0.3) is 0 Å². The van der Waals surface area contributed by atoms with Crippen LogP contribution in [0.2, 0.25) is 0 Å².